The number of aliphatic hydroxyl groups is 1. The third-order valence-corrected chi connectivity index (χ3v) is 3.20. The number of fused-ring (bicyclic) bond motifs is 1. The molecule has 0 bridgehead atoms. The maximum absolute atomic E-state index is 13.8. The van der Waals surface area contributed by atoms with Gasteiger partial charge in [-0.2, -0.15) is 0 Å². The Balaban J connectivity index is 1.97. The van der Waals surface area contributed by atoms with Gasteiger partial charge in [0.15, 0.2) is 11.5 Å². The van der Waals surface area contributed by atoms with Crippen LogP contribution in [-0.2, 0) is 0 Å². The first-order valence-corrected chi connectivity index (χ1v) is 6.05. The summed E-state index contributed by atoms with van der Waals surface area (Å²) in [6.07, 6.45) is -1.08. The molecule has 98 valence electrons. The molecule has 2 aromatic rings. The van der Waals surface area contributed by atoms with Crippen LogP contribution in [0.1, 0.15) is 17.2 Å². The highest BCUT2D eigenvalue weighted by Crippen LogP contribution is 2.36. The molecule has 0 spiro atoms. The van der Waals surface area contributed by atoms with Crippen LogP contribution in [0.5, 0.6) is 11.5 Å². The van der Waals surface area contributed by atoms with Gasteiger partial charge in [0.1, 0.15) is 11.9 Å². The standard InChI is InChI=1S/C14H10ClFO3/c15-9-2-3-10(11(16)6-9)14(17)8-1-4-12-13(5-8)19-7-18-12/h1-6,14,17H,7H2. The first-order chi connectivity index (χ1) is 9.15. The highest BCUT2D eigenvalue weighted by molar-refractivity contribution is 6.30. The van der Waals surface area contributed by atoms with E-state index in [0.717, 1.165) is 0 Å². The maximum atomic E-state index is 13.8. The summed E-state index contributed by atoms with van der Waals surface area (Å²) in [5.74, 6) is 0.621. The minimum atomic E-state index is -1.08. The molecule has 0 radical (unpaired) electrons. The lowest BCUT2D eigenvalue weighted by Crippen LogP contribution is -2.02. The molecule has 0 saturated carbocycles. The first kappa shape index (κ1) is 12.3. The molecule has 5 heteroatoms. The predicted molar refractivity (Wildman–Crippen MR) is 68.0 cm³/mol. The summed E-state index contributed by atoms with van der Waals surface area (Å²) in [5.41, 5.74) is 0.703. The summed E-state index contributed by atoms with van der Waals surface area (Å²) < 4.78 is 24.2. The van der Waals surface area contributed by atoms with E-state index in [1.165, 1.54) is 18.2 Å². The molecular formula is C14H10ClFO3. The number of ether oxygens (including phenoxy) is 2. The molecule has 3 nitrogen and oxygen atoms in total. The van der Waals surface area contributed by atoms with Crippen LogP contribution < -0.4 is 9.47 Å². The second kappa shape index (κ2) is 4.72. The van der Waals surface area contributed by atoms with Gasteiger partial charge in [-0.05, 0) is 29.8 Å². The van der Waals surface area contributed by atoms with Gasteiger partial charge in [-0.3, -0.25) is 0 Å². The number of hydrogen-bond donors (Lipinski definition) is 1. The van der Waals surface area contributed by atoms with Gasteiger partial charge < -0.3 is 14.6 Å². The molecule has 19 heavy (non-hydrogen) atoms. The maximum Gasteiger partial charge on any atom is 0.231 e. The van der Waals surface area contributed by atoms with Crippen molar-refractivity contribution in [1.82, 2.24) is 0 Å². The van der Waals surface area contributed by atoms with E-state index in [9.17, 15) is 9.50 Å². The SMILES string of the molecule is OC(c1ccc2c(c1)OCO2)c1ccc(Cl)cc1F. The van der Waals surface area contributed by atoms with Crippen molar-refractivity contribution >= 4 is 11.6 Å². The molecule has 1 heterocycles. The summed E-state index contributed by atoms with van der Waals surface area (Å²) in [6, 6.07) is 9.18. The van der Waals surface area contributed by atoms with Gasteiger partial charge in [0.2, 0.25) is 6.79 Å². The average Bonchev–Trinajstić information content (AvgIpc) is 2.85. The van der Waals surface area contributed by atoms with Crippen LogP contribution in [-0.4, -0.2) is 11.9 Å². The van der Waals surface area contributed by atoms with E-state index in [1.807, 2.05) is 0 Å². The van der Waals surface area contributed by atoms with Crippen LogP contribution in [0.4, 0.5) is 4.39 Å². The summed E-state index contributed by atoms with van der Waals surface area (Å²) in [7, 11) is 0. The van der Waals surface area contributed by atoms with Crippen LogP contribution in [0, 0.1) is 5.82 Å². The minimum Gasteiger partial charge on any atom is -0.454 e. The molecule has 2 aromatic carbocycles. The second-order valence-electron chi connectivity index (χ2n) is 4.18. The Morgan fingerprint density at radius 2 is 1.89 bits per heavy atom. The highest BCUT2D eigenvalue weighted by Gasteiger charge is 2.19. The predicted octanol–water partition coefficient (Wildman–Crippen LogP) is 3.29. The van der Waals surface area contributed by atoms with Gasteiger partial charge in [0, 0.05) is 10.6 Å². The van der Waals surface area contributed by atoms with Gasteiger partial charge >= 0.3 is 0 Å². The Morgan fingerprint density at radius 3 is 2.68 bits per heavy atom. The van der Waals surface area contributed by atoms with Gasteiger partial charge in [-0.15, -0.1) is 0 Å². The van der Waals surface area contributed by atoms with E-state index < -0.39 is 11.9 Å². The Morgan fingerprint density at radius 1 is 1.11 bits per heavy atom. The normalized spacial score (nSPS) is 14.5. The molecule has 0 aromatic heterocycles. The Labute approximate surface area is 114 Å². The minimum absolute atomic E-state index is 0.157. The molecule has 1 N–H and O–H groups in total. The van der Waals surface area contributed by atoms with Crippen molar-refractivity contribution in [3.63, 3.8) is 0 Å². The Kier molecular flexibility index (Phi) is 3.05. The summed E-state index contributed by atoms with van der Waals surface area (Å²) in [4.78, 5) is 0. The first-order valence-electron chi connectivity index (χ1n) is 5.68. The van der Waals surface area contributed by atoms with Crippen molar-refractivity contribution in [3.8, 4) is 11.5 Å². The van der Waals surface area contributed by atoms with E-state index in [0.29, 0.717) is 22.1 Å². The van der Waals surface area contributed by atoms with Gasteiger partial charge in [0.05, 0.1) is 0 Å². The number of benzene rings is 2. The third-order valence-electron chi connectivity index (χ3n) is 2.97. The van der Waals surface area contributed by atoms with Crippen LogP contribution in [0.15, 0.2) is 36.4 Å². The number of halogens is 2. The van der Waals surface area contributed by atoms with E-state index >= 15 is 0 Å². The zero-order valence-electron chi connectivity index (χ0n) is 9.77. The monoisotopic (exact) mass is 280 g/mol. The quantitative estimate of drug-likeness (QED) is 0.917. The summed E-state index contributed by atoms with van der Waals surface area (Å²) in [6.45, 7) is 0.157. The topological polar surface area (TPSA) is 38.7 Å². The van der Waals surface area contributed by atoms with E-state index in [4.69, 9.17) is 21.1 Å². The largest absolute Gasteiger partial charge is 0.454 e. The molecule has 1 atom stereocenters. The van der Waals surface area contributed by atoms with Gasteiger partial charge in [0.25, 0.3) is 0 Å². The van der Waals surface area contributed by atoms with Gasteiger partial charge in [-0.25, -0.2) is 4.39 Å². The molecule has 1 aliphatic rings. The lowest BCUT2D eigenvalue weighted by Gasteiger charge is -2.13. The summed E-state index contributed by atoms with van der Waals surface area (Å²) >= 11 is 5.69. The number of aliphatic hydroxyl groups excluding tert-OH is 1. The molecule has 0 amide bonds. The smallest absolute Gasteiger partial charge is 0.231 e. The average molecular weight is 281 g/mol. The Hall–Kier alpha value is -1.78. The lowest BCUT2D eigenvalue weighted by atomic mass is 10.0. The lowest BCUT2D eigenvalue weighted by molar-refractivity contribution is 0.173. The van der Waals surface area contributed by atoms with Gasteiger partial charge in [-0.1, -0.05) is 23.7 Å². The van der Waals surface area contributed by atoms with Crippen LogP contribution in [0.3, 0.4) is 0 Å². The van der Waals surface area contributed by atoms with Crippen molar-refractivity contribution in [2.75, 3.05) is 6.79 Å². The highest BCUT2D eigenvalue weighted by atomic mass is 35.5. The molecular weight excluding hydrogens is 271 g/mol. The molecule has 0 fully saturated rings. The van der Waals surface area contributed by atoms with Crippen molar-refractivity contribution < 1.29 is 19.0 Å². The summed E-state index contributed by atoms with van der Waals surface area (Å²) in [5, 5.41) is 10.5. The van der Waals surface area contributed by atoms with E-state index in [2.05, 4.69) is 0 Å². The van der Waals surface area contributed by atoms with Crippen LogP contribution >= 0.6 is 11.6 Å². The van der Waals surface area contributed by atoms with Crippen molar-refractivity contribution in [2.24, 2.45) is 0 Å². The van der Waals surface area contributed by atoms with Crippen LogP contribution in [0.2, 0.25) is 5.02 Å². The molecule has 3 rings (SSSR count). The van der Waals surface area contributed by atoms with Crippen molar-refractivity contribution in [3.05, 3.63) is 58.4 Å². The van der Waals surface area contributed by atoms with Crippen LogP contribution in [0.25, 0.3) is 0 Å². The molecule has 1 aliphatic heterocycles. The number of rotatable bonds is 2. The van der Waals surface area contributed by atoms with Crippen molar-refractivity contribution in [1.29, 1.82) is 0 Å². The Bertz CT molecular complexity index is 630. The zero-order chi connectivity index (χ0) is 13.4. The molecule has 0 aliphatic carbocycles. The fraction of sp³-hybridized carbons (Fsp3) is 0.143. The third kappa shape index (κ3) is 2.25. The zero-order valence-corrected chi connectivity index (χ0v) is 10.5. The van der Waals surface area contributed by atoms with E-state index in [-0.39, 0.29) is 12.4 Å². The second-order valence-corrected chi connectivity index (χ2v) is 4.62. The fourth-order valence-corrected chi connectivity index (χ4v) is 2.14. The molecule has 1 unspecified atom stereocenters. The van der Waals surface area contributed by atoms with E-state index in [1.54, 1.807) is 18.2 Å². The van der Waals surface area contributed by atoms with Crippen molar-refractivity contribution in [2.45, 2.75) is 6.10 Å². The number of hydrogen-bond acceptors (Lipinski definition) is 3. The molecule has 0 saturated heterocycles. The fourth-order valence-electron chi connectivity index (χ4n) is 1.99.